The molecule has 2 bridgehead atoms. The van der Waals surface area contributed by atoms with E-state index in [4.69, 9.17) is 42.3 Å². The van der Waals surface area contributed by atoms with Gasteiger partial charge in [0.1, 0.15) is 47.3 Å². The number of aliphatic hydroxyl groups excluding tert-OH is 1. The van der Waals surface area contributed by atoms with E-state index in [1.807, 2.05) is 16.7 Å². The van der Waals surface area contributed by atoms with E-state index in [1.165, 1.54) is 84.6 Å². The molecular formula is C88H104N22O19S. The molecule has 1 aliphatic carbocycles. The first-order valence-electron chi connectivity index (χ1n) is 42.6. The smallest absolute Gasteiger partial charge is 0.336 e. The summed E-state index contributed by atoms with van der Waals surface area (Å²) in [5.41, 5.74) is 25.2. The predicted octanol–water partition coefficient (Wildman–Crippen LogP) is 2.30. The lowest BCUT2D eigenvalue weighted by atomic mass is 9.90. The zero-order chi connectivity index (χ0) is 93.0. The molecule has 41 nitrogen and oxygen atoms in total. The Morgan fingerprint density at radius 2 is 1.24 bits per heavy atom. The fourth-order valence-electron chi connectivity index (χ4n) is 15.5. The van der Waals surface area contributed by atoms with Crippen LogP contribution in [0.4, 0.5) is 46.3 Å². The summed E-state index contributed by atoms with van der Waals surface area (Å²) in [7, 11) is 0. The Balaban J connectivity index is 0.733. The number of phenols is 1. The molecule has 12 rings (SSSR count). The number of aliphatic hydroxyl groups is 1. The van der Waals surface area contributed by atoms with Gasteiger partial charge in [0.05, 0.1) is 37.4 Å². The summed E-state index contributed by atoms with van der Waals surface area (Å²) >= 11 is 1.17. The van der Waals surface area contributed by atoms with Crippen molar-refractivity contribution in [3.63, 3.8) is 0 Å². The molecule has 1 aromatic heterocycles. The molecule has 0 unspecified atom stereocenters. The van der Waals surface area contributed by atoms with Crippen LogP contribution in [-0.4, -0.2) is 215 Å². The van der Waals surface area contributed by atoms with E-state index in [2.05, 4.69) is 69.1 Å². The molecule has 6 aromatic rings. The van der Waals surface area contributed by atoms with Crippen LogP contribution < -0.4 is 107 Å². The molecule has 6 aliphatic rings. The zero-order valence-electron chi connectivity index (χ0n) is 71.3. The number of aromatic nitrogens is 3. The monoisotopic (exact) mass is 1800 g/mol. The molecule has 5 aliphatic heterocycles. The maximum atomic E-state index is 14.3. The number of carboxylic acids is 1. The SMILES string of the molecule is CC[C@H](C)[C@@H]1NC(=O)c2cc(cc(NC(=O)CNC(=O)C3CCN(c4nc(Nc5ccc(-c6c7ccc(=O)cc-7oc7cc(O)ccc67)c(C(=O)O)c5)nc(N5CCC(C(=O)NCC(=O)Nc6ccc7c(c6)C(=O)N[C@@H](CO)C(=O)N[C@@H](CCCCN)C(=O)Nc6cc(C(N)=O)ccc6CN7)CC5)n4)CC3)c2)CSC[C@@H](C(N)=O)NC(=O)CNC(=O)[C@H](CCCCN)NC1=O. The molecule has 2 saturated heterocycles. The normalized spacial score (nSPS) is 18.5. The van der Waals surface area contributed by atoms with Gasteiger partial charge in [-0.25, -0.2) is 4.79 Å². The number of carbonyl (C=O) groups excluding carboxylic acids is 13. The lowest BCUT2D eigenvalue weighted by molar-refractivity contribution is -0.132. The molecule has 0 saturated carbocycles. The van der Waals surface area contributed by atoms with E-state index in [1.54, 1.807) is 43.3 Å². The first-order chi connectivity index (χ1) is 62.4. The summed E-state index contributed by atoms with van der Waals surface area (Å²) in [6.45, 7) is 2.54. The van der Waals surface area contributed by atoms with Crippen LogP contribution in [0.2, 0.25) is 0 Å². The van der Waals surface area contributed by atoms with Crippen molar-refractivity contribution in [1.82, 2.24) is 57.5 Å². The number of piperidine rings is 2. The number of aromatic carboxylic acids is 1. The minimum atomic E-state index is -1.55. The number of anilines is 8. The Hall–Kier alpha value is -14.4. The molecule has 686 valence electrons. The standard InChI is InChI=1S/C88H104N22O19S/c1-3-45(2)74-84(126)102-63(8-4-6-24-89)81(123)96-41-72(116)100-67(76(92)118)44-130-43-46-30-51(79(121)105-74)32-54(31-46)98-71(115)40-95-78(120)48-22-28-110(29-23-48)88-107-86(99-53-12-16-57(60(34-53)85(127)128)73-58-17-14-55(112)36-68(58)129-69-37-56(113)15-18-59(69)73)106-87(108-88)109-26-20-47(21-27-109)77(119)94-39-70(114)97-52-13-19-62-61(35-52)80(122)104-66(42-111)83(125)101-64(9-5-7-25-90)82(124)103-65-33-49(75(91)117)10-11-50(65)38-93-62/h10-19,30-37,45,47-48,63-64,66-67,74,93,111-112H,3-9,20-29,38-44,89-90H2,1-2H3,(H2,91,117)(H2,92,118)(H,94,119)(H,95,120)(H,96,123)(H,97,114)(H,98,115)(H,100,116)(H,101,125)(H,102,126)(H,103,124)(H,104,122)(H,105,121)(H,127,128)(H,99,106,107,108)/t45-,63-,64-,66-,67-,74-/m0/s1. The van der Waals surface area contributed by atoms with Crippen molar-refractivity contribution >= 4 is 152 Å². The zero-order valence-corrected chi connectivity index (χ0v) is 72.1. The molecule has 0 spiro atoms. The van der Waals surface area contributed by atoms with E-state index in [0.29, 0.717) is 72.8 Å². The fourth-order valence-corrected chi connectivity index (χ4v) is 16.5. The predicted molar refractivity (Wildman–Crippen MR) is 482 cm³/mol. The van der Waals surface area contributed by atoms with Crippen LogP contribution in [0.15, 0.2) is 118 Å². The van der Waals surface area contributed by atoms with Crippen molar-refractivity contribution in [1.29, 1.82) is 0 Å². The van der Waals surface area contributed by atoms with Crippen molar-refractivity contribution in [3.8, 4) is 28.2 Å². The average molecular weight is 1810 g/mol. The summed E-state index contributed by atoms with van der Waals surface area (Å²) in [6.07, 6.45) is 3.56. The molecular weight excluding hydrogens is 1700 g/mol. The van der Waals surface area contributed by atoms with Crippen molar-refractivity contribution < 1.29 is 86.9 Å². The van der Waals surface area contributed by atoms with Crippen LogP contribution in [0.5, 0.6) is 5.75 Å². The van der Waals surface area contributed by atoms with Gasteiger partial charge in [0.25, 0.3) is 11.8 Å². The Morgan fingerprint density at radius 1 is 0.600 bits per heavy atom. The number of nitrogens with zero attached hydrogens (tertiary/aromatic N) is 5. The van der Waals surface area contributed by atoms with E-state index in [0.717, 1.165) is 0 Å². The Bertz CT molecular complexity index is 5680. The van der Waals surface area contributed by atoms with E-state index < -0.39 is 157 Å². The molecule has 0 radical (unpaired) electrons. The summed E-state index contributed by atoms with van der Waals surface area (Å²) in [6, 6.07) is 20.0. The lowest BCUT2D eigenvalue weighted by Crippen LogP contribution is -2.56. The number of aromatic hydroxyl groups is 1. The number of hydrogen-bond acceptors (Lipinski definition) is 28. The van der Waals surface area contributed by atoms with Gasteiger partial charge >= 0.3 is 5.97 Å². The summed E-state index contributed by atoms with van der Waals surface area (Å²) in [5, 5.41) is 68.0. The second-order valence-corrected chi connectivity index (χ2v) is 33.1. The second-order valence-electron chi connectivity index (χ2n) is 32.1. The highest BCUT2D eigenvalue weighted by atomic mass is 32.2. The van der Waals surface area contributed by atoms with Gasteiger partial charge in [-0.1, -0.05) is 32.4 Å². The van der Waals surface area contributed by atoms with Gasteiger partial charge < -0.3 is 122 Å². The Kier molecular flexibility index (Phi) is 32.0. The minimum absolute atomic E-state index is 0.0260. The highest BCUT2D eigenvalue weighted by Gasteiger charge is 2.36. The first kappa shape index (κ1) is 94.7. The van der Waals surface area contributed by atoms with E-state index >= 15 is 0 Å². The number of unbranched alkanes of at least 4 members (excludes halogenated alkanes) is 2. The van der Waals surface area contributed by atoms with Gasteiger partial charge in [-0.15, -0.1) is 0 Å². The fraction of sp³-hybridized carbons (Fsp3) is 0.386. The van der Waals surface area contributed by atoms with Crippen molar-refractivity contribution in [2.75, 3.05) is 108 Å². The molecule has 6 heterocycles. The van der Waals surface area contributed by atoms with E-state index in [-0.39, 0.29) is 179 Å². The molecule has 6 atom stereocenters. The third kappa shape index (κ3) is 24.5. The topological polar surface area (TPSA) is 635 Å². The lowest BCUT2D eigenvalue weighted by Gasteiger charge is -2.34. The number of fused-ring (bicyclic) bond motifs is 6. The number of rotatable bonds is 27. The number of primary amides is 2. The largest absolute Gasteiger partial charge is 0.508 e. The van der Waals surface area contributed by atoms with Crippen molar-refractivity contribution in [3.05, 3.63) is 153 Å². The van der Waals surface area contributed by atoms with Crippen LogP contribution in [-0.2, 0) is 60.2 Å². The molecule has 130 heavy (non-hydrogen) atoms. The summed E-state index contributed by atoms with van der Waals surface area (Å²) in [4.78, 5) is 222. The number of phenolic OH excluding ortho intramolecular Hbond substituents is 1. The average Bonchev–Trinajstić information content (AvgIpc) is 0.745. The minimum Gasteiger partial charge on any atom is -0.508 e. The van der Waals surface area contributed by atoms with Crippen LogP contribution in [0.3, 0.4) is 0 Å². The van der Waals surface area contributed by atoms with Gasteiger partial charge in [-0.3, -0.25) is 67.1 Å². The number of carbonyl (C=O) groups is 14. The molecule has 13 amide bonds. The Labute approximate surface area is 748 Å². The number of nitrogens with two attached hydrogens (primary N) is 4. The van der Waals surface area contributed by atoms with Gasteiger partial charge in [-0.05, 0) is 185 Å². The molecule has 24 N–H and O–H groups in total. The number of nitrogens with one attached hydrogen (secondary N) is 13. The van der Waals surface area contributed by atoms with Gasteiger partial charge in [0.15, 0.2) is 5.43 Å². The van der Waals surface area contributed by atoms with Crippen LogP contribution in [0, 0.1) is 17.8 Å². The molecule has 2 fully saturated rings. The van der Waals surface area contributed by atoms with Gasteiger partial charge in [0.2, 0.25) is 82.8 Å². The van der Waals surface area contributed by atoms with Gasteiger partial charge in [0, 0.05) is 124 Å². The Morgan fingerprint density at radius 3 is 1.87 bits per heavy atom. The number of carboxylic acid groups (broad SMARTS) is 1. The number of benzene rings is 6. The number of thioether (sulfide) groups is 1. The van der Waals surface area contributed by atoms with Gasteiger partial charge in [-0.2, -0.15) is 26.7 Å². The van der Waals surface area contributed by atoms with Crippen LogP contribution in [0.1, 0.15) is 137 Å². The first-order valence-corrected chi connectivity index (χ1v) is 43.8. The quantitative estimate of drug-likeness (QED) is 0.0259. The summed E-state index contributed by atoms with van der Waals surface area (Å²) < 4.78 is 6.04. The second kappa shape index (κ2) is 43.9. The number of amides is 13. The highest BCUT2D eigenvalue weighted by molar-refractivity contribution is 7.98. The third-order valence-corrected chi connectivity index (χ3v) is 23.9. The molecule has 5 aromatic carbocycles. The maximum Gasteiger partial charge on any atom is 0.336 e. The van der Waals surface area contributed by atoms with Crippen LogP contribution in [0.25, 0.3) is 33.4 Å². The highest BCUT2D eigenvalue weighted by Crippen LogP contribution is 2.43. The van der Waals surface area contributed by atoms with Crippen molar-refractivity contribution in [2.45, 2.75) is 127 Å². The maximum absolute atomic E-state index is 14.3. The van der Waals surface area contributed by atoms with Crippen molar-refractivity contribution in [2.24, 2.45) is 40.7 Å². The van der Waals surface area contributed by atoms with Crippen LogP contribution >= 0.6 is 11.8 Å². The third-order valence-electron chi connectivity index (χ3n) is 22.8. The molecule has 42 heteroatoms. The van der Waals surface area contributed by atoms with E-state index in [9.17, 15) is 87.2 Å². The summed E-state index contributed by atoms with van der Waals surface area (Å²) in [5.74, 6) is -11.7. The number of hydrogen-bond donors (Lipinski definition) is 20.